The van der Waals surface area contributed by atoms with Gasteiger partial charge in [-0.1, -0.05) is 17.7 Å². The lowest BCUT2D eigenvalue weighted by molar-refractivity contribution is 0.716. The van der Waals surface area contributed by atoms with Crippen LogP contribution in [-0.2, 0) is 5.88 Å². The van der Waals surface area contributed by atoms with E-state index < -0.39 is 0 Å². The molecule has 2 heteroatoms. The Balaban J connectivity index is 1.87. The first kappa shape index (κ1) is 11.4. The van der Waals surface area contributed by atoms with Crippen LogP contribution in [0, 0.1) is 12.8 Å². The Hall–Kier alpha value is -0.690. The third-order valence-electron chi connectivity index (χ3n) is 3.83. The summed E-state index contributed by atoms with van der Waals surface area (Å²) in [4.78, 5) is 2.62. The van der Waals surface area contributed by atoms with E-state index >= 15 is 0 Å². The summed E-state index contributed by atoms with van der Waals surface area (Å²) in [7, 11) is 0. The first-order valence-electron chi connectivity index (χ1n) is 6.70. The fourth-order valence-corrected chi connectivity index (χ4v) is 2.72. The lowest BCUT2D eigenvalue weighted by Crippen LogP contribution is -2.28. The standard InChI is InChI=1S/C15H20ClN/c1-11-2-7-15(13(8-11)9-16)17(14-5-6-14)10-12-3-4-12/h2,7-8,12,14H,3-6,9-10H2,1H3. The minimum Gasteiger partial charge on any atom is -0.368 e. The molecule has 1 nitrogen and oxygen atoms in total. The molecule has 17 heavy (non-hydrogen) atoms. The van der Waals surface area contributed by atoms with Crippen molar-refractivity contribution in [2.75, 3.05) is 11.4 Å². The van der Waals surface area contributed by atoms with Gasteiger partial charge in [-0.3, -0.25) is 0 Å². The molecular weight excluding hydrogens is 230 g/mol. The molecule has 0 amide bonds. The maximum atomic E-state index is 6.10. The molecule has 1 aromatic rings. The lowest BCUT2D eigenvalue weighted by Gasteiger charge is -2.27. The van der Waals surface area contributed by atoms with Crippen LogP contribution >= 0.6 is 11.6 Å². The van der Waals surface area contributed by atoms with Crippen molar-refractivity contribution < 1.29 is 0 Å². The number of hydrogen-bond acceptors (Lipinski definition) is 1. The summed E-state index contributed by atoms with van der Waals surface area (Å²) in [5.41, 5.74) is 4.01. The summed E-state index contributed by atoms with van der Waals surface area (Å²) in [6.07, 6.45) is 5.57. The van der Waals surface area contributed by atoms with Crippen molar-refractivity contribution in [3.8, 4) is 0 Å². The van der Waals surface area contributed by atoms with Gasteiger partial charge in [0, 0.05) is 24.2 Å². The highest BCUT2D eigenvalue weighted by molar-refractivity contribution is 6.17. The molecular formula is C15H20ClN. The van der Waals surface area contributed by atoms with E-state index in [0.717, 1.165) is 12.0 Å². The molecule has 0 radical (unpaired) electrons. The minimum absolute atomic E-state index is 0.630. The van der Waals surface area contributed by atoms with Crippen LogP contribution in [0.4, 0.5) is 5.69 Å². The van der Waals surface area contributed by atoms with Crippen molar-refractivity contribution in [2.24, 2.45) is 5.92 Å². The van der Waals surface area contributed by atoms with E-state index in [-0.39, 0.29) is 0 Å². The molecule has 0 bridgehead atoms. The molecule has 2 aliphatic rings. The third-order valence-corrected chi connectivity index (χ3v) is 4.12. The number of benzene rings is 1. The molecule has 0 spiro atoms. The summed E-state index contributed by atoms with van der Waals surface area (Å²) >= 11 is 6.10. The maximum Gasteiger partial charge on any atom is 0.0494 e. The second kappa shape index (κ2) is 4.53. The number of alkyl halides is 1. The Morgan fingerprint density at radius 1 is 1.24 bits per heavy atom. The molecule has 0 N–H and O–H groups in total. The fourth-order valence-electron chi connectivity index (χ4n) is 2.51. The Morgan fingerprint density at radius 3 is 2.59 bits per heavy atom. The zero-order valence-electron chi connectivity index (χ0n) is 10.5. The average molecular weight is 250 g/mol. The Kier molecular flexibility index (Phi) is 3.04. The van der Waals surface area contributed by atoms with Gasteiger partial charge in [0.15, 0.2) is 0 Å². The van der Waals surface area contributed by atoms with Crippen molar-refractivity contribution in [3.63, 3.8) is 0 Å². The molecule has 2 aliphatic carbocycles. The molecule has 0 aliphatic heterocycles. The van der Waals surface area contributed by atoms with Crippen molar-refractivity contribution in [3.05, 3.63) is 29.3 Å². The summed E-state index contributed by atoms with van der Waals surface area (Å²) in [5, 5.41) is 0. The van der Waals surface area contributed by atoms with Crippen LogP contribution in [0.2, 0.25) is 0 Å². The number of hydrogen-bond donors (Lipinski definition) is 0. The van der Waals surface area contributed by atoms with Gasteiger partial charge >= 0.3 is 0 Å². The zero-order valence-corrected chi connectivity index (χ0v) is 11.2. The second-order valence-electron chi connectivity index (χ2n) is 5.59. The van der Waals surface area contributed by atoms with Crippen LogP contribution in [0.1, 0.15) is 36.8 Å². The first-order valence-corrected chi connectivity index (χ1v) is 7.23. The topological polar surface area (TPSA) is 3.24 Å². The maximum absolute atomic E-state index is 6.10. The predicted molar refractivity (Wildman–Crippen MR) is 73.8 cm³/mol. The number of anilines is 1. The lowest BCUT2D eigenvalue weighted by atomic mass is 10.1. The number of nitrogens with zero attached hydrogens (tertiary/aromatic N) is 1. The fraction of sp³-hybridized carbons (Fsp3) is 0.600. The molecule has 0 aromatic heterocycles. The normalized spacial score (nSPS) is 19.4. The summed E-state index contributed by atoms with van der Waals surface area (Å²) in [5.74, 6) is 1.57. The summed E-state index contributed by atoms with van der Waals surface area (Å²) in [6.45, 7) is 3.39. The van der Waals surface area contributed by atoms with E-state index in [1.807, 2.05) is 0 Å². The van der Waals surface area contributed by atoms with Crippen molar-refractivity contribution in [1.29, 1.82) is 0 Å². The summed E-state index contributed by atoms with van der Waals surface area (Å²) < 4.78 is 0. The molecule has 0 unspecified atom stereocenters. The Bertz CT molecular complexity index is 407. The highest BCUT2D eigenvalue weighted by Gasteiger charge is 2.34. The second-order valence-corrected chi connectivity index (χ2v) is 5.86. The SMILES string of the molecule is Cc1ccc(N(CC2CC2)C2CC2)c(CCl)c1. The number of halogens is 1. The minimum atomic E-state index is 0.630. The van der Waals surface area contributed by atoms with Crippen molar-refractivity contribution in [1.82, 2.24) is 0 Å². The summed E-state index contributed by atoms with van der Waals surface area (Å²) in [6, 6.07) is 7.52. The largest absolute Gasteiger partial charge is 0.368 e. The van der Waals surface area contributed by atoms with Gasteiger partial charge in [0.05, 0.1) is 0 Å². The highest BCUT2D eigenvalue weighted by Crippen LogP contribution is 2.39. The van der Waals surface area contributed by atoms with E-state index in [1.54, 1.807) is 0 Å². The molecule has 3 rings (SSSR count). The van der Waals surface area contributed by atoms with E-state index in [1.165, 1.54) is 49.0 Å². The van der Waals surface area contributed by atoms with Crippen LogP contribution in [0.25, 0.3) is 0 Å². The van der Waals surface area contributed by atoms with Gasteiger partial charge in [-0.2, -0.15) is 0 Å². The van der Waals surface area contributed by atoms with Gasteiger partial charge in [0.25, 0.3) is 0 Å². The number of aryl methyl sites for hydroxylation is 1. The van der Waals surface area contributed by atoms with Gasteiger partial charge in [-0.05, 0) is 50.2 Å². The van der Waals surface area contributed by atoms with E-state index in [0.29, 0.717) is 5.88 Å². The van der Waals surface area contributed by atoms with Gasteiger partial charge in [-0.15, -0.1) is 11.6 Å². The van der Waals surface area contributed by atoms with Gasteiger partial charge in [-0.25, -0.2) is 0 Å². The van der Waals surface area contributed by atoms with Crippen LogP contribution in [0.15, 0.2) is 18.2 Å². The van der Waals surface area contributed by atoms with Crippen LogP contribution in [-0.4, -0.2) is 12.6 Å². The first-order chi connectivity index (χ1) is 8.28. The smallest absolute Gasteiger partial charge is 0.0494 e. The zero-order chi connectivity index (χ0) is 11.8. The van der Waals surface area contributed by atoms with Crippen molar-refractivity contribution >= 4 is 17.3 Å². The quantitative estimate of drug-likeness (QED) is 0.710. The molecule has 2 saturated carbocycles. The Morgan fingerprint density at radius 2 is 2.00 bits per heavy atom. The van der Waals surface area contributed by atoms with Crippen molar-refractivity contribution in [2.45, 2.75) is 44.5 Å². The third kappa shape index (κ3) is 2.60. The van der Waals surface area contributed by atoms with Crippen LogP contribution < -0.4 is 4.90 Å². The van der Waals surface area contributed by atoms with Crippen LogP contribution in [0.3, 0.4) is 0 Å². The van der Waals surface area contributed by atoms with E-state index in [2.05, 4.69) is 30.0 Å². The van der Waals surface area contributed by atoms with E-state index in [9.17, 15) is 0 Å². The van der Waals surface area contributed by atoms with Gasteiger partial charge in [0.2, 0.25) is 0 Å². The van der Waals surface area contributed by atoms with Crippen LogP contribution in [0.5, 0.6) is 0 Å². The molecule has 0 atom stereocenters. The molecule has 0 saturated heterocycles. The molecule has 92 valence electrons. The van der Waals surface area contributed by atoms with Gasteiger partial charge < -0.3 is 4.90 Å². The highest BCUT2D eigenvalue weighted by atomic mass is 35.5. The molecule has 0 heterocycles. The number of rotatable bonds is 5. The average Bonchev–Trinajstić information content (AvgIpc) is 3.18. The van der Waals surface area contributed by atoms with Gasteiger partial charge in [0.1, 0.15) is 0 Å². The van der Waals surface area contributed by atoms with E-state index in [4.69, 9.17) is 11.6 Å². The molecule has 2 fully saturated rings. The monoisotopic (exact) mass is 249 g/mol. The predicted octanol–water partition coefficient (Wildman–Crippen LogP) is 4.11. The molecule has 1 aromatic carbocycles. The Labute approximate surface area is 109 Å².